The molecule has 0 aliphatic rings. The Kier molecular flexibility index (Phi) is 5.93. The van der Waals surface area contributed by atoms with Crippen molar-refractivity contribution in [2.75, 3.05) is 0 Å². The molecule has 0 rings (SSSR count). The van der Waals surface area contributed by atoms with Crippen molar-refractivity contribution in [3.63, 3.8) is 0 Å². The quantitative estimate of drug-likeness (QED) is 0.361. The normalized spacial score (nSPS) is 15.4. The van der Waals surface area contributed by atoms with Gasteiger partial charge in [-0.25, -0.2) is 0 Å². The van der Waals surface area contributed by atoms with Crippen LogP contribution >= 0.6 is 0 Å². The Labute approximate surface area is 96.0 Å². The molecule has 1 nitrogen and oxygen atoms in total. The molecule has 0 radical (unpaired) electrons. The fraction of sp³-hybridized carbons (Fsp3) is 0.692. The van der Waals surface area contributed by atoms with E-state index in [0.717, 1.165) is 19.3 Å². The minimum Gasteiger partial charge on any atom is -0.408 e. The number of unbranched alkanes of at least 4 members (excludes halogenated alkanes) is 1. The number of rotatable bonds is 7. The monoisotopic (exact) mass is 224 g/mol. The van der Waals surface area contributed by atoms with Gasteiger partial charge in [0, 0.05) is 6.42 Å². The van der Waals surface area contributed by atoms with E-state index in [0.29, 0.717) is 6.42 Å². The van der Waals surface area contributed by atoms with Crippen molar-refractivity contribution < 1.29 is 4.43 Å². The molecule has 0 aromatic heterocycles. The van der Waals surface area contributed by atoms with Crippen molar-refractivity contribution in [2.24, 2.45) is 0 Å². The summed E-state index contributed by atoms with van der Waals surface area (Å²) in [7, 11) is -1.57. The maximum atomic E-state index is 6.20. The van der Waals surface area contributed by atoms with Crippen molar-refractivity contribution in [3.8, 4) is 12.3 Å². The predicted molar refractivity (Wildman–Crippen MR) is 70.3 cm³/mol. The Balaban J connectivity index is 4.66. The third-order valence-electron chi connectivity index (χ3n) is 2.24. The van der Waals surface area contributed by atoms with E-state index in [1.54, 1.807) is 0 Å². The van der Waals surface area contributed by atoms with Crippen LogP contribution in [-0.4, -0.2) is 13.9 Å². The van der Waals surface area contributed by atoms with Crippen molar-refractivity contribution in [2.45, 2.75) is 57.8 Å². The minimum atomic E-state index is -1.57. The van der Waals surface area contributed by atoms with Crippen molar-refractivity contribution in [1.82, 2.24) is 0 Å². The fourth-order valence-electron chi connectivity index (χ4n) is 1.65. The van der Waals surface area contributed by atoms with Crippen LogP contribution in [0.1, 0.15) is 32.6 Å². The first-order chi connectivity index (χ1) is 6.89. The molecule has 0 fully saturated rings. The maximum Gasteiger partial charge on any atom is 0.184 e. The van der Waals surface area contributed by atoms with Gasteiger partial charge in [0.1, 0.15) is 0 Å². The van der Waals surface area contributed by atoms with Crippen LogP contribution in [-0.2, 0) is 4.43 Å². The standard InChI is InChI=1S/C13H24OSi/c1-7-10-12-13(9-3,11-8-2)14-15(4,5)6/h2,9H,3,7,10-12H2,1,4-6H3/t13-/m1/s1. The van der Waals surface area contributed by atoms with Crippen LogP contribution in [0.15, 0.2) is 12.7 Å². The van der Waals surface area contributed by atoms with Crippen molar-refractivity contribution in [3.05, 3.63) is 12.7 Å². The molecule has 0 aliphatic carbocycles. The Morgan fingerprint density at radius 1 is 1.47 bits per heavy atom. The smallest absolute Gasteiger partial charge is 0.184 e. The Morgan fingerprint density at radius 2 is 2.07 bits per heavy atom. The van der Waals surface area contributed by atoms with Crippen LogP contribution in [0.5, 0.6) is 0 Å². The van der Waals surface area contributed by atoms with Crippen LogP contribution in [0.25, 0.3) is 0 Å². The second-order valence-electron chi connectivity index (χ2n) is 4.97. The first kappa shape index (κ1) is 14.5. The second-order valence-corrected chi connectivity index (χ2v) is 9.40. The summed E-state index contributed by atoms with van der Waals surface area (Å²) in [5, 5.41) is 0. The molecule has 0 saturated heterocycles. The molecule has 0 heterocycles. The lowest BCUT2D eigenvalue weighted by Gasteiger charge is -2.35. The third kappa shape index (κ3) is 5.81. The van der Waals surface area contributed by atoms with E-state index >= 15 is 0 Å². The van der Waals surface area contributed by atoms with Gasteiger partial charge in [-0.05, 0) is 26.1 Å². The van der Waals surface area contributed by atoms with Crippen LogP contribution in [0.4, 0.5) is 0 Å². The Morgan fingerprint density at radius 3 is 2.40 bits per heavy atom. The summed E-state index contributed by atoms with van der Waals surface area (Å²) in [6, 6.07) is 0. The molecular formula is C13H24OSi. The largest absolute Gasteiger partial charge is 0.408 e. The summed E-state index contributed by atoms with van der Waals surface area (Å²) < 4.78 is 6.20. The molecule has 2 heteroatoms. The summed E-state index contributed by atoms with van der Waals surface area (Å²) in [5.74, 6) is 2.72. The Bertz CT molecular complexity index is 234. The van der Waals surface area contributed by atoms with Gasteiger partial charge in [-0.3, -0.25) is 0 Å². The highest BCUT2D eigenvalue weighted by Gasteiger charge is 2.31. The second kappa shape index (κ2) is 6.15. The van der Waals surface area contributed by atoms with Gasteiger partial charge in [0.15, 0.2) is 8.32 Å². The number of terminal acetylenes is 1. The van der Waals surface area contributed by atoms with Gasteiger partial charge in [-0.2, -0.15) is 0 Å². The summed E-state index contributed by atoms with van der Waals surface area (Å²) in [4.78, 5) is 0. The molecule has 86 valence electrons. The topological polar surface area (TPSA) is 9.23 Å². The van der Waals surface area contributed by atoms with E-state index in [9.17, 15) is 0 Å². The van der Waals surface area contributed by atoms with Gasteiger partial charge in [-0.15, -0.1) is 18.9 Å². The van der Waals surface area contributed by atoms with E-state index in [4.69, 9.17) is 10.8 Å². The maximum absolute atomic E-state index is 6.20. The van der Waals surface area contributed by atoms with Crippen molar-refractivity contribution in [1.29, 1.82) is 0 Å². The zero-order chi connectivity index (χ0) is 11.9. The van der Waals surface area contributed by atoms with Crippen LogP contribution < -0.4 is 0 Å². The molecule has 1 atom stereocenters. The molecule has 0 N–H and O–H groups in total. The lowest BCUT2D eigenvalue weighted by molar-refractivity contribution is 0.105. The minimum absolute atomic E-state index is 0.283. The first-order valence-electron chi connectivity index (χ1n) is 5.66. The SMILES string of the molecule is C#CC[C@](C=C)(CCCC)O[Si](C)(C)C. The van der Waals surface area contributed by atoms with Crippen LogP contribution in [0, 0.1) is 12.3 Å². The highest BCUT2D eigenvalue weighted by molar-refractivity contribution is 6.69. The lowest BCUT2D eigenvalue weighted by atomic mass is 9.94. The van der Waals surface area contributed by atoms with Crippen LogP contribution in [0.2, 0.25) is 19.6 Å². The zero-order valence-electron chi connectivity index (χ0n) is 10.6. The lowest BCUT2D eigenvalue weighted by Crippen LogP contribution is -2.41. The highest BCUT2D eigenvalue weighted by Crippen LogP contribution is 2.28. The molecule has 0 aromatic rings. The molecule has 0 bridgehead atoms. The molecule has 0 unspecified atom stereocenters. The van der Waals surface area contributed by atoms with Gasteiger partial charge in [-0.1, -0.05) is 25.8 Å². The summed E-state index contributed by atoms with van der Waals surface area (Å²) >= 11 is 0. The summed E-state index contributed by atoms with van der Waals surface area (Å²) in [5.41, 5.74) is -0.283. The molecule has 0 aliphatic heterocycles. The van der Waals surface area contributed by atoms with Gasteiger partial charge in [0.05, 0.1) is 5.60 Å². The molecule has 0 amide bonds. The van der Waals surface area contributed by atoms with Gasteiger partial charge in [0.2, 0.25) is 0 Å². The average molecular weight is 224 g/mol. The summed E-state index contributed by atoms with van der Waals surface area (Å²) in [6.07, 6.45) is 11.2. The van der Waals surface area contributed by atoms with Crippen molar-refractivity contribution >= 4 is 8.32 Å². The molecule has 0 aromatic carbocycles. The van der Waals surface area contributed by atoms with E-state index in [2.05, 4.69) is 39.1 Å². The fourth-order valence-corrected chi connectivity index (χ4v) is 3.13. The highest BCUT2D eigenvalue weighted by atomic mass is 28.4. The average Bonchev–Trinajstić information content (AvgIpc) is 2.12. The van der Waals surface area contributed by atoms with E-state index < -0.39 is 8.32 Å². The van der Waals surface area contributed by atoms with E-state index in [-0.39, 0.29) is 5.60 Å². The van der Waals surface area contributed by atoms with Gasteiger partial charge in [0.25, 0.3) is 0 Å². The predicted octanol–water partition coefficient (Wildman–Crippen LogP) is 3.98. The zero-order valence-corrected chi connectivity index (χ0v) is 11.6. The number of hydrogen-bond acceptors (Lipinski definition) is 1. The molecule has 15 heavy (non-hydrogen) atoms. The van der Waals surface area contributed by atoms with E-state index in [1.807, 2.05) is 6.08 Å². The van der Waals surface area contributed by atoms with Crippen LogP contribution in [0.3, 0.4) is 0 Å². The molecule has 0 saturated carbocycles. The molecular weight excluding hydrogens is 200 g/mol. The Hall–Kier alpha value is -0.523. The number of hydrogen-bond donors (Lipinski definition) is 0. The molecule has 0 spiro atoms. The van der Waals surface area contributed by atoms with Gasteiger partial charge >= 0.3 is 0 Å². The van der Waals surface area contributed by atoms with Gasteiger partial charge < -0.3 is 4.43 Å². The third-order valence-corrected chi connectivity index (χ3v) is 3.26. The summed E-state index contributed by atoms with van der Waals surface area (Å²) in [6.45, 7) is 12.6. The van der Waals surface area contributed by atoms with E-state index in [1.165, 1.54) is 0 Å². The first-order valence-corrected chi connectivity index (χ1v) is 9.07.